The van der Waals surface area contributed by atoms with Crippen LogP contribution >= 0.6 is 0 Å². The summed E-state index contributed by atoms with van der Waals surface area (Å²) in [6.07, 6.45) is 1.30. The molecule has 0 radical (unpaired) electrons. The van der Waals surface area contributed by atoms with Crippen molar-refractivity contribution in [1.29, 1.82) is 0 Å². The van der Waals surface area contributed by atoms with Crippen LogP contribution in [-0.2, 0) is 11.3 Å². The fourth-order valence-corrected chi connectivity index (χ4v) is 2.03. The van der Waals surface area contributed by atoms with E-state index in [1.165, 1.54) is 4.68 Å². The summed E-state index contributed by atoms with van der Waals surface area (Å²) in [4.78, 5) is 22.2. The van der Waals surface area contributed by atoms with E-state index in [0.29, 0.717) is 24.2 Å². The molecule has 0 fully saturated rings. The normalized spacial score (nSPS) is 12.2. The van der Waals surface area contributed by atoms with Gasteiger partial charge in [0.25, 0.3) is 0 Å². The number of amides is 1. The molecule has 0 saturated carbocycles. The lowest BCUT2D eigenvalue weighted by molar-refractivity contribution is -0.386. The lowest BCUT2D eigenvalue weighted by Crippen LogP contribution is -2.35. The van der Waals surface area contributed by atoms with Gasteiger partial charge >= 0.3 is 5.69 Å². The molecule has 1 rings (SSSR count). The number of nitrogens with zero attached hydrogens (tertiary/aromatic N) is 3. The van der Waals surface area contributed by atoms with Crippen LogP contribution in [0.25, 0.3) is 0 Å². The average Bonchev–Trinajstić information content (AvgIpc) is 2.61. The Hall–Kier alpha value is -1.96. The molecule has 0 aliphatic rings. The summed E-state index contributed by atoms with van der Waals surface area (Å²) in [5.41, 5.74) is 0.616. The number of aryl methyl sites for hydroxylation is 1. The molecule has 20 heavy (non-hydrogen) atoms. The highest BCUT2D eigenvalue weighted by Crippen LogP contribution is 2.21. The predicted molar refractivity (Wildman–Crippen MR) is 72.3 cm³/mol. The Morgan fingerprint density at radius 3 is 2.70 bits per heavy atom. The number of carbonyl (C=O) groups is 1. The van der Waals surface area contributed by atoms with Crippen molar-refractivity contribution in [3.8, 4) is 0 Å². The Morgan fingerprint density at radius 1 is 1.55 bits per heavy atom. The second-order valence-corrected chi connectivity index (χ2v) is 4.77. The Morgan fingerprint density at radius 2 is 2.20 bits per heavy atom. The van der Waals surface area contributed by atoms with E-state index < -0.39 is 4.92 Å². The third-order valence-electron chi connectivity index (χ3n) is 3.02. The van der Waals surface area contributed by atoms with Gasteiger partial charge in [-0.2, -0.15) is 5.10 Å². The van der Waals surface area contributed by atoms with Gasteiger partial charge in [0, 0.05) is 12.6 Å². The summed E-state index contributed by atoms with van der Waals surface area (Å²) in [6.45, 7) is 5.00. The van der Waals surface area contributed by atoms with Crippen LogP contribution in [0.1, 0.15) is 31.2 Å². The Bertz CT molecular complexity index is 498. The van der Waals surface area contributed by atoms with Gasteiger partial charge in [0.1, 0.15) is 17.9 Å². The number of aliphatic hydroxyl groups excluding tert-OH is 1. The maximum Gasteiger partial charge on any atom is 0.312 e. The first-order chi connectivity index (χ1) is 9.36. The summed E-state index contributed by atoms with van der Waals surface area (Å²) in [5, 5.41) is 26.4. The van der Waals surface area contributed by atoms with Crippen molar-refractivity contribution < 1.29 is 14.8 Å². The van der Waals surface area contributed by atoms with Gasteiger partial charge in [-0.25, -0.2) is 0 Å². The maximum absolute atomic E-state index is 11.8. The fourth-order valence-electron chi connectivity index (χ4n) is 2.03. The minimum Gasteiger partial charge on any atom is -0.396 e. The Kier molecular flexibility index (Phi) is 5.63. The zero-order valence-electron chi connectivity index (χ0n) is 11.9. The van der Waals surface area contributed by atoms with Gasteiger partial charge in [0.2, 0.25) is 5.91 Å². The van der Waals surface area contributed by atoms with Crippen molar-refractivity contribution in [3.05, 3.63) is 21.5 Å². The Balaban J connectivity index is 2.67. The topological polar surface area (TPSA) is 110 Å². The van der Waals surface area contributed by atoms with E-state index in [0.717, 1.165) is 0 Å². The molecule has 112 valence electrons. The van der Waals surface area contributed by atoms with E-state index in [-0.39, 0.29) is 30.8 Å². The molecule has 0 aliphatic carbocycles. The van der Waals surface area contributed by atoms with Crippen molar-refractivity contribution in [1.82, 2.24) is 15.1 Å². The number of nitrogens with one attached hydrogen (secondary N) is 1. The molecule has 1 amide bonds. The van der Waals surface area contributed by atoms with Crippen LogP contribution in [0.4, 0.5) is 5.69 Å². The van der Waals surface area contributed by atoms with E-state index in [1.54, 1.807) is 13.8 Å². The summed E-state index contributed by atoms with van der Waals surface area (Å²) >= 11 is 0. The van der Waals surface area contributed by atoms with Crippen LogP contribution in [0.3, 0.4) is 0 Å². The monoisotopic (exact) mass is 284 g/mol. The number of hydrogen-bond acceptors (Lipinski definition) is 5. The molecule has 0 saturated heterocycles. The minimum atomic E-state index is -0.490. The first-order valence-corrected chi connectivity index (χ1v) is 6.45. The third-order valence-corrected chi connectivity index (χ3v) is 3.02. The van der Waals surface area contributed by atoms with Crippen molar-refractivity contribution in [3.63, 3.8) is 0 Å². The van der Waals surface area contributed by atoms with Crippen LogP contribution in [0.15, 0.2) is 0 Å². The second kappa shape index (κ2) is 6.99. The van der Waals surface area contributed by atoms with Crippen molar-refractivity contribution >= 4 is 11.6 Å². The molecule has 1 unspecified atom stereocenters. The smallest absolute Gasteiger partial charge is 0.312 e. The predicted octanol–water partition coefficient (Wildman–Crippen LogP) is 0.685. The molecule has 8 nitrogen and oxygen atoms in total. The van der Waals surface area contributed by atoms with Gasteiger partial charge in [-0.15, -0.1) is 0 Å². The number of rotatable bonds is 7. The van der Waals surface area contributed by atoms with Gasteiger partial charge < -0.3 is 10.4 Å². The number of hydrogen-bond donors (Lipinski definition) is 2. The van der Waals surface area contributed by atoms with E-state index >= 15 is 0 Å². The van der Waals surface area contributed by atoms with E-state index in [1.807, 2.05) is 6.92 Å². The molecule has 0 aromatic carbocycles. The summed E-state index contributed by atoms with van der Waals surface area (Å²) in [6, 6.07) is -0.0541. The lowest BCUT2D eigenvalue weighted by Gasteiger charge is -2.13. The van der Waals surface area contributed by atoms with Crippen molar-refractivity contribution in [2.75, 3.05) is 6.61 Å². The second-order valence-electron chi connectivity index (χ2n) is 4.77. The lowest BCUT2D eigenvalue weighted by atomic mass is 10.2. The van der Waals surface area contributed by atoms with Crippen LogP contribution in [0.2, 0.25) is 0 Å². The molecule has 0 bridgehead atoms. The average molecular weight is 284 g/mol. The Labute approximate surface area is 116 Å². The third kappa shape index (κ3) is 4.02. The molecule has 8 heteroatoms. The van der Waals surface area contributed by atoms with Gasteiger partial charge in [0.15, 0.2) is 0 Å². The van der Waals surface area contributed by atoms with Crippen LogP contribution in [0, 0.1) is 24.0 Å². The highest BCUT2D eigenvalue weighted by Gasteiger charge is 2.22. The minimum absolute atomic E-state index is 0.0499. The molecule has 0 aliphatic heterocycles. The highest BCUT2D eigenvalue weighted by molar-refractivity contribution is 5.76. The van der Waals surface area contributed by atoms with E-state index in [9.17, 15) is 14.9 Å². The highest BCUT2D eigenvalue weighted by atomic mass is 16.6. The summed E-state index contributed by atoms with van der Waals surface area (Å²) in [7, 11) is 0. The zero-order chi connectivity index (χ0) is 15.3. The summed E-state index contributed by atoms with van der Waals surface area (Å²) in [5.74, 6) is -0.254. The van der Waals surface area contributed by atoms with Gasteiger partial charge in [0.05, 0.1) is 4.92 Å². The molecule has 1 aromatic rings. The van der Waals surface area contributed by atoms with Crippen molar-refractivity contribution in [2.45, 2.75) is 46.2 Å². The number of aromatic nitrogens is 2. The molecule has 1 aromatic heterocycles. The number of nitro groups is 1. The SMILES string of the molecule is Cc1nn(CC(=O)NC(C)CCCO)c(C)c1[N+](=O)[O-]. The largest absolute Gasteiger partial charge is 0.396 e. The molecule has 1 heterocycles. The quantitative estimate of drug-likeness (QED) is 0.565. The summed E-state index contributed by atoms with van der Waals surface area (Å²) < 4.78 is 1.33. The molecule has 2 N–H and O–H groups in total. The zero-order valence-corrected chi connectivity index (χ0v) is 11.9. The number of carbonyl (C=O) groups excluding carboxylic acids is 1. The molecule has 1 atom stereocenters. The van der Waals surface area contributed by atoms with Gasteiger partial charge in [-0.3, -0.25) is 19.6 Å². The first-order valence-electron chi connectivity index (χ1n) is 6.45. The van der Waals surface area contributed by atoms with Crippen molar-refractivity contribution in [2.24, 2.45) is 0 Å². The number of aliphatic hydroxyl groups is 1. The van der Waals surface area contributed by atoms with E-state index in [2.05, 4.69) is 10.4 Å². The van der Waals surface area contributed by atoms with Crippen LogP contribution in [0.5, 0.6) is 0 Å². The molecular formula is C12H20N4O4. The molecular weight excluding hydrogens is 264 g/mol. The van der Waals surface area contributed by atoms with Gasteiger partial charge in [-0.1, -0.05) is 0 Å². The van der Waals surface area contributed by atoms with Crippen LogP contribution in [-0.4, -0.2) is 38.4 Å². The van der Waals surface area contributed by atoms with Crippen LogP contribution < -0.4 is 5.32 Å². The standard InChI is InChI=1S/C12H20N4O4/c1-8(5-4-6-17)13-11(18)7-15-10(3)12(16(19)20)9(2)14-15/h8,17H,4-7H2,1-3H3,(H,13,18). The van der Waals surface area contributed by atoms with E-state index in [4.69, 9.17) is 5.11 Å². The van der Waals surface area contributed by atoms with Gasteiger partial charge in [-0.05, 0) is 33.6 Å². The maximum atomic E-state index is 11.8. The molecule has 0 spiro atoms. The fraction of sp³-hybridized carbons (Fsp3) is 0.667. The first kappa shape index (κ1) is 16.1.